The summed E-state index contributed by atoms with van der Waals surface area (Å²) in [7, 11) is 0. The first kappa shape index (κ1) is 33.2. The van der Waals surface area contributed by atoms with Crippen LogP contribution >= 0.6 is 0 Å². The van der Waals surface area contributed by atoms with Crippen LogP contribution in [0.5, 0.6) is 0 Å². The molecule has 1 aromatic heterocycles. The number of carbonyl (C=O) groups is 1. The van der Waals surface area contributed by atoms with E-state index >= 15 is 4.39 Å². The second kappa shape index (κ2) is 13.4. The number of pyridine rings is 1. The minimum absolute atomic E-state index is 0.00413. The number of halogens is 1. The number of nitrogens with zero attached hydrogens (tertiary/aromatic N) is 2. The van der Waals surface area contributed by atoms with Gasteiger partial charge in [-0.25, -0.2) is 4.39 Å². The SMILES string of the molecule is CCN(c1cc(-c2ccc3c(c2)N(C(C)C)CC32CCOCC2)c(F)c(C(=O)NCc2c(C)cc(C)[nH]c2=O)c1C)C1CCOCC1. The van der Waals surface area contributed by atoms with Crippen LogP contribution in [0, 0.1) is 26.6 Å². The molecule has 8 nitrogen and oxygen atoms in total. The Bertz CT molecular complexity index is 1700. The highest BCUT2D eigenvalue weighted by Gasteiger charge is 2.44. The number of anilines is 2. The average Bonchev–Trinajstić information content (AvgIpc) is 3.35. The summed E-state index contributed by atoms with van der Waals surface area (Å²) in [5.41, 5.74) is 6.85. The first-order chi connectivity index (χ1) is 22.5. The second-order valence-electron chi connectivity index (χ2n) is 13.9. The van der Waals surface area contributed by atoms with Crippen molar-refractivity contribution in [3.8, 4) is 11.1 Å². The molecule has 4 heterocycles. The van der Waals surface area contributed by atoms with Gasteiger partial charge in [-0.15, -0.1) is 0 Å². The normalized spacial score (nSPS) is 17.7. The van der Waals surface area contributed by atoms with Gasteiger partial charge in [0.2, 0.25) is 0 Å². The van der Waals surface area contributed by atoms with Crippen LogP contribution < -0.4 is 20.7 Å². The van der Waals surface area contributed by atoms with Crippen molar-refractivity contribution < 1.29 is 18.7 Å². The highest BCUT2D eigenvalue weighted by molar-refractivity contribution is 5.99. The summed E-state index contributed by atoms with van der Waals surface area (Å²) in [6, 6.07) is 10.6. The lowest BCUT2D eigenvalue weighted by Crippen LogP contribution is -2.40. The third kappa shape index (κ3) is 6.20. The van der Waals surface area contributed by atoms with Crippen molar-refractivity contribution in [2.45, 2.75) is 91.3 Å². The van der Waals surface area contributed by atoms with Crippen LogP contribution in [-0.2, 0) is 21.4 Å². The number of amides is 1. The Morgan fingerprint density at radius 3 is 2.45 bits per heavy atom. The molecule has 0 saturated carbocycles. The van der Waals surface area contributed by atoms with Gasteiger partial charge < -0.3 is 29.6 Å². The van der Waals surface area contributed by atoms with Crippen molar-refractivity contribution in [2.24, 2.45) is 0 Å². The van der Waals surface area contributed by atoms with Gasteiger partial charge in [0.05, 0.1) is 5.56 Å². The fraction of sp³-hybridized carbons (Fsp3) is 0.526. The van der Waals surface area contributed by atoms with E-state index in [0.717, 1.165) is 73.6 Å². The lowest BCUT2D eigenvalue weighted by atomic mass is 9.75. The predicted octanol–water partition coefficient (Wildman–Crippen LogP) is 6.32. The highest BCUT2D eigenvalue weighted by Crippen LogP contribution is 2.49. The van der Waals surface area contributed by atoms with Crippen LogP contribution in [0.15, 0.2) is 35.1 Å². The van der Waals surface area contributed by atoms with E-state index in [1.165, 1.54) is 5.56 Å². The van der Waals surface area contributed by atoms with E-state index in [4.69, 9.17) is 9.47 Å². The molecule has 0 atom stereocenters. The molecule has 2 N–H and O–H groups in total. The van der Waals surface area contributed by atoms with E-state index < -0.39 is 11.7 Å². The van der Waals surface area contributed by atoms with Gasteiger partial charge in [0, 0.05) is 91.8 Å². The summed E-state index contributed by atoms with van der Waals surface area (Å²) in [5, 5.41) is 2.89. The van der Waals surface area contributed by atoms with Crippen molar-refractivity contribution >= 4 is 17.3 Å². The smallest absolute Gasteiger partial charge is 0.254 e. The Morgan fingerprint density at radius 2 is 1.79 bits per heavy atom. The molecular weight excluding hydrogens is 595 g/mol. The van der Waals surface area contributed by atoms with Crippen LogP contribution in [0.25, 0.3) is 11.1 Å². The van der Waals surface area contributed by atoms with Gasteiger partial charge in [0.1, 0.15) is 5.82 Å². The lowest BCUT2D eigenvalue weighted by molar-refractivity contribution is 0.0550. The standard InChI is InChI=1S/C38H49FN4O4/c1-7-42(28-10-14-46-15-11-28)32-20-29(27-8-9-31-33(19-27)43(23(2)3)22-38(31)12-16-47-17-13-38)35(39)34(26(32)6)37(45)40-21-30-24(4)18-25(5)41-36(30)44/h8-9,18-20,23,28H,7,10-17,21-22H2,1-6H3,(H,40,45)(H,41,44). The van der Waals surface area contributed by atoms with Crippen molar-refractivity contribution in [2.75, 3.05) is 49.3 Å². The maximum atomic E-state index is 17.0. The molecule has 47 heavy (non-hydrogen) atoms. The zero-order chi connectivity index (χ0) is 33.5. The number of benzene rings is 2. The van der Waals surface area contributed by atoms with E-state index in [9.17, 15) is 9.59 Å². The molecular formula is C38H49FN4O4. The van der Waals surface area contributed by atoms with E-state index in [1.54, 1.807) is 0 Å². The lowest BCUT2D eigenvalue weighted by Gasteiger charge is -2.37. The van der Waals surface area contributed by atoms with E-state index in [0.29, 0.717) is 36.4 Å². The van der Waals surface area contributed by atoms with Gasteiger partial charge >= 0.3 is 0 Å². The monoisotopic (exact) mass is 644 g/mol. The van der Waals surface area contributed by atoms with E-state index in [-0.39, 0.29) is 35.2 Å². The number of fused-ring (bicyclic) bond motifs is 2. The molecule has 2 fully saturated rings. The molecule has 2 saturated heterocycles. The molecule has 0 radical (unpaired) electrons. The van der Waals surface area contributed by atoms with Gasteiger partial charge in [-0.3, -0.25) is 9.59 Å². The van der Waals surface area contributed by atoms with Crippen LogP contribution in [0.3, 0.4) is 0 Å². The number of aromatic amines is 1. The number of hydrogen-bond acceptors (Lipinski definition) is 6. The highest BCUT2D eigenvalue weighted by atomic mass is 19.1. The third-order valence-electron chi connectivity index (χ3n) is 10.7. The van der Waals surface area contributed by atoms with Crippen molar-refractivity contribution in [1.82, 2.24) is 10.3 Å². The maximum absolute atomic E-state index is 17.0. The topological polar surface area (TPSA) is 86.9 Å². The summed E-state index contributed by atoms with van der Waals surface area (Å²) in [4.78, 5) is 34.2. The molecule has 1 spiro atoms. The third-order valence-corrected chi connectivity index (χ3v) is 10.7. The van der Waals surface area contributed by atoms with Crippen LogP contribution in [0.4, 0.5) is 15.8 Å². The molecule has 2 aromatic carbocycles. The van der Waals surface area contributed by atoms with Gasteiger partial charge in [0.15, 0.2) is 0 Å². The zero-order valence-corrected chi connectivity index (χ0v) is 28.7. The molecule has 3 aliphatic rings. The first-order valence-electron chi connectivity index (χ1n) is 17.2. The van der Waals surface area contributed by atoms with Gasteiger partial charge in [0.25, 0.3) is 11.5 Å². The summed E-state index contributed by atoms with van der Waals surface area (Å²) in [6.45, 7) is 16.5. The number of ether oxygens (including phenoxy) is 2. The van der Waals surface area contributed by atoms with E-state index in [1.807, 2.05) is 39.0 Å². The number of hydrogen-bond donors (Lipinski definition) is 2. The average molecular weight is 645 g/mol. The van der Waals surface area contributed by atoms with Gasteiger partial charge in [-0.2, -0.15) is 0 Å². The Kier molecular flexibility index (Phi) is 9.50. The Labute approximate surface area is 277 Å². The molecule has 0 aliphatic carbocycles. The second-order valence-corrected chi connectivity index (χ2v) is 13.9. The number of rotatable bonds is 8. The molecule has 6 rings (SSSR count). The molecule has 3 aromatic rings. The molecule has 252 valence electrons. The molecule has 0 unspecified atom stereocenters. The zero-order valence-electron chi connectivity index (χ0n) is 28.7. The minimum Gasteiger partial charge on any atom is -0.381 e. The fourth-order valence-corrected chi connectivity index (χ4v) is 8.03. The largest absolute Gasteiger partial charge is 0.381 e. The van der Waals surface area contributed by atoms with Crippen LogP contribution in [0.2, 0.25) is 0 Å². The fourth-order valence-electron chi connectivity index (χ4n) is 8.03. The van der Waals surface area contributed by atoms with Gasteiger partial charge in [-0.1, -0.05) is 12.1 Å². The number of nitrogens with one attached hydrogen (secondary N) is 2. The molecule has 1 amide bonds. The number of aryl methyl sites for hydroxylation is 2. The summed E-state index contributed by atoms with van der Waals surface area (Å²) in [6.07, 6.45) is 3.67. The molecule has 0 bridgehead atoms. The molecule has 9 heteroatoms. The van der Waals surface area contributed by atoms with Crippen molar-refractivity contribution in [3.63, 3.8) is 0 Å². The quantitative estimate of drug-likeness (QED) is 0.299. The van der Waals surface area contributed by atoms with E-state index in [2.05, 4.69) is 53.0 Å². The number of aromatic nitrogens is 1. The molecule has 3 aliphatic heterocycles. The Morgan fingerprint density at radius 1 is 1.09 bits per heavy atom. The Hall–Kier alpha value is -3.69. The number of carbonyl (C=O) groups excluding carboxylic acids is 1. The maximum Gasteiger partial charge on any atom is 0.254 e. The van der Waals surface area contributed by atoms with Crippen LogP contribution in [0.1, 0.15) is 84.8 Å². The minimum atomic E-state index is -0.545. The number of H-pyrrole nitrogens is 1. The van der Waals surface area contributed by atoms with Crippen molar-refractivity contribution in [1.29, 1.82) is 0 Å². The van der Waals surface area contributed by atoms with Crippen molar-refractivity contribution in [3.05, 3.63) is 80.0 Å². The van der Waals surface area contributed by atoms with Crippen LogP contribution in [-0.4, -0.2) is 62.5 Å². The summed E-state index contributed by atoms with van der Waals surface area (Å²) >= 11 is 0. The summed E-state index contributed by atoms with van der Waals surface area (Å²) < 4.78 is 28.4. The summed E-state index contributed by atoms with van der Waals surface area (Å²) in [5.74, 6) is -1.08. The predicted molar refractivity (Wildman–Crippen MR) is 185 cm³/mol. The first-order valence-corrected chi connectivity index (χ1v) is 17.2. The Balaban J connectivity index is 1.46. The van der Waals surface area contributed by atoms with Gasteiger partial charge in [-0.05, 0) is 108 Å².